The van der Waals surface area contributed by atoms with Crippen LogP contribution in [0.15, 0.2) is 54.6 Å². The molecule has 0 bridgehead atoms. The van der Waals surface area contributed by atoms with Crippen LogP contribution in [0.4, 0.5) is 20.6 Å². The molecule has 0 aliphatic carbocycles. The second kappa shape index (κ2) is 8.55. The maximum Gasteiger partial charge on any atom is 0.322 e. The van der Waals surface area contributed by atoms with Crippen LogP contribution in [0, 0.1) is 19.7 Å². The highest BCUT2D eigenvalue weighted by Crippen LogP contribution is 2.22. The van der Waals surface area contributed by atoms with E-state index in [0.29, 0.717) is 11.4 Å². The summed E-state index contributed by atoms with van der Waals surface area (Å²) in [5.41, 5.74) is 3.44. The number of urea groups is 1. The van der Waals surface area contributed by atoms with Crippen LogP contribution in [0.5, 0.6) is 0 Å². The van der Waals surface area contributed by atoms with Crippen molar-refractivity contribution in [2.45, 2.75) is 13.8 Å². The van der Waals surface area contributed by atoms with Crippen LogP contribution < -0.4 is 10.6 Å². The van der Waals surface area contributed by atoms with Crippen molar-refractivity contribution in [3.05, 3.63) is 71.8 Å². The third kappa shape index (κ3) is 4.98. The van der Waals surface area contributed by atoms with E-state index in [1.54, 1.807) is 16.8 Å². The summed E-state index contributed by atoms with van der Waals surface area (Å²) in [5.74, 6) is -0.880. The minimum atomic E-state index is -0.451. The number of amides is 3. The number of hydrogen-bond acceptors (Lipinski definition) is 3. The van der Waals surface area contributed by atoms with Gasteiger partial charge in [-0.3, -0.25) is 4.79 Å². The lowest BCUT2D eigenvalue weighted by molar-refractivity contribution is -0.116. The summed E-state index contributed by atoms with van der Waals surface area (Å²) in [4.78, 5) is 26.0. The number of carbonyl (C=O) groups excluding carboxylic acids is 2. The van der Waals surface area contributed by atoms with Gasteiger partial charge in [-0.15, -0.1) is 0 Å². The van der Waals surface area contributed by atoms with E-state index >= 15 is 0 Å². The van der Waals surface area contributed by atoms with Gasteiger partial charge in [0, 0.05) is 18.4 Å². The van der Waals surface area contributed by atoms with E-state index in [2.05, 4.69) is 15.7 Å². The normalized spacial score (nSPS) is 10.5. The molecule has 3 rings (SSSR count). The smallest absolute Gasteiger partial charge is 0.322 e. The Morgan fingerprint density at radius 2 is 1.83 bits per heavy atom. The molecule has 0 saturated heterocycles. The Labute approximate surface area is 168 Å². The molecule has 2 aromatic carbocycles. The fourth-order valence-corrected chi connectivity index (χ4v) is 2.90. The molecule has 1 heterocycles. The lowest BCUT2D eigenvalue weighted by Gasteiger charge is -2.19. The van der Waals surface area contributed by atoms with E-state index in [-0.39, 0.29) is 6.54 Å². The van der Waals surface area contributed by atoms with Crippen LogP contribution in [0.3, 0.4) is 0 Å². The van der Waals surface area contributed by atoms with Crippen molar-refractivity contribution in [2.75, 3.05) is 24.2 Å². The van der Waals surface area contributed by atoms with Crippen molar-refractivity contribution < 1.29 is 14.0 Å². The molecule has 0 aliphatic rings. The average molecular weight is 395 g/mol. The molecule has 8 heteroatoms. The number of benzene rings is 2. The van der Waals surface area contributed by atoms with Crippen molar-refractivity contribution in [1.82, 2.24) is 14.7 Å². The number of rotatable bonds is 5. The molecular weight excluding hydrogens is 373 g/mol. The summed E-state index contributed by atoms with van der Waals surface area (Å²) < 4.78 is 15.0. The van der Waals surface area contributed by atoms with Gasteiger partial charge in [-0.05, 0) is 50.2 Å². The van der Waals surface area contributed by atoms with E-state index in [4.69, 9.17) is 0 Å². The first kappa shape index (κ1) is 20.1. The summed E-state index contributed by atoms with van der Waals surface area (Å²) in [5, 5.41) is 9.83. The SMILES string of the molecule is Cc1cc(C)n(-c2ccccc2NC(=O)N(C)CC(=O)Nc2cccc(F)c2)n1. The third-order valence-electron chi connectivity index (χ3n) is 4.22. The molecule has 0 fully saturated rings. The maximum absolute atomic E-state index is 13.2. The van der Waals surface area contributed by atoms with Crippen molar-refractivity contribution in [3.63, 3.8) is 0 Å². The first-order chi connectivity index (χ1) is 13.8. The molecule has 3 amide bonds. The second-order valence-electron chi connectivity index (χ2n) is 6.70. The number of likely N-dealkylation sites (N-methyl/N-ethyl adjacent to an activating group) is 1. The average Bonchev–Trinajstić information content (AvgIpc) is 3.00. The number of aromatic nitrogens is 2. The molecule has 150 valence electrons. The zero-order valence-electron chi connectivity index (χ0n) is 16.4. The summed E-state index contributed by atoms with van der Waals surface area (Å²) in [6, 6.07) is 14.4. The van der Waals surface area contributed by atoms with Gasteiger partial charge in [0.15, 0.2) is 0 Å². The lowest BCUT2D eigenvalue weighted by Crippen LogP contribution is -2.37. The molecule has 0 radical (unpaired) electrons. The molecule has 0 saturated carbocycles. The molecule has 0 unspecified atom stereocenters. The number of halogens is 1. The van der Waals surface area contributed by atoms with Gasteiger partial charge < -0.3 is 15.5 Å². The molecule has 0 atom stereocenters. The minimum Gasteiger partial charge on any atom is -0.324 e. The Bertz CT molecular complexity index is 1050. The van der Waals surface area contributed by atoms with Crippen LogP contribution in [-0.4, -0.2) is 40.2 Å². The monoisotopic (exact) mass is 395 g/mol. The highest BCUT2D eigenvalue weighted by atomic mass is 19.1. The van der Waals surface area contributed by atoms with Crippen LogP contribution in [0.2, 0.25) is 0 Å². The van der Waals surface area contributed by atoms with Gasteiger partial charge in [-0.1, -0.05) is 18.2 Å². The van der Waals surface area contributed by atoms with E-state index in [1.807, 2.05) is 38.1 Å². The van der Waals surface area contributed by atoms with Crippen LogP contribution in [0.1, 0.15) is 11.4 Å². The predicted molar refractivity (Wildman–Crippen MR) is 110 cm³/mol. The number of nitrogens with one attached hydrogen (secondary N) is 2. The van der Waals surface area contributed by atoms with Crippen LogP contribution >= 0.6 is 0 Å². The highest BCUT2D eigenvalue weighted by Gasteiger charge is 2.16. The molecule has 7 nitrogen and oxygen atoms in total. The topological polar surface area (TPSA) is 79.3 Å². The third-order valence-corrected chi connectivity index (χ3v) is 4.22. The van der Waals surface area contributed by atoms with Crippen LogP contribution in [0.25, 0.3) is 5.69 Å². The van der Waals surface area contributed by atoms with Gasteiger partial charge in [0.05, 0.1) is 17.1 Å². The van der Waals surface area contributed by atoms with E-state index in [0.717, 1.165) is 17.1 Å². The van der Waals surface area contributed by atoms with Crippen molar-refractivity contribution in [1.29, 1.82) is 0 Å². The maximum atomic E-state index is 13.2. The second-order valence-corrected chi connectivity index (χ2v) is 6.70. The fourth-order valence-electron chi connectivity index (χ4n) is 2.90. The first-order valence-electron chi connectivity index (χ1n) is 9.03. The van der Waals surface area contributed by atoms with E-state index < -0.39 is 17.8 Å². The van der Waals surface area contributed by atoms with Gasteiger partial charge >= 0.3 is 6.03 Å². The Kier molecular flexibility index (Phi) is 5.92. The number of hydrogen-bond donors (Lipinski definition) is 2. The Morgan fingerprint density at radius 1 is 1.07 bits per heavy atom. The van der Waals surface area contributed by atoms with Crippen molar-refractivity contribution in [2.24, 2.45) is 0 Å². The van der Waals surface area contributed by atoms with Gasteiger partial charge in [-0.2, -0.15) is 5.10 Å². The fraction of sp³-hybridized carbons (Fsp3) is 0.190. The predicted octanol–water partition coefficient (Wildman–Crippen LogP) is 3.73. The standard InChI is InChI=1S/C21H22FN5O2/c1-14-11-15(2)27(25-14)19-10-5-4-9-18(19)24-21(29)26(3)13-20(28)23-17-8-6-7-16(22)12-17/h4-12H,13H2,1-3H3,(H,23,28)(H,24,29). The zero-order valence-corrected chi connectivity index (χ0v) is 16.4. The Balaban J connectivity index is 1.67. The van der Waals surface area contributed by atoms with Gasteiger partial charge in [0.1, 0.15) is 12.4 Å². The zero-order chi connectivity index (χ0) is 21.0. The number of para-hydroxylation sites is 2. The lowest BCUT2D eigenvalue weighted by atomic mass is 10.2. The van der Waals surface area contributed by atoms with Crippen molar-refractivity contribution in [3.8, 4) is 5.69 Å². The van der Waals surface area contributed by atoms with Crippen LogP contribution in [-0.2, 0) is 4.79 Å². The molecule has 0 spiro atoms. The molecule has 1 aromatic heterocycles. The number of carbonyl (C=O) groups is 2. The van der Waals surface area contributed by atoms with E-state index in [9.17, 15) is 14.0 Å². The summed E-state index contributed by atoms with van der Waals surface area (Å²) in [6.45, 7) is 3.64. The number of nitrogens with zero attached hydrogens (tertiary/aromatic N) is 3. The number of anilines is 2. The largest absolute Gasteiger partial charge is 0.324 e. The molecule has 0 aliphatic heterocycles. The Morgan fingerprint density at radius 3 is 2.52 bits per heavy atom. The molecule has 3 aromatic rings. The van der Waals surface area contributed by atoms with Gasteiger partial charge in [0.2, 0.25) is 5.91 Å². The van der Waals surface area contributed by atoms with E-state index in [1.165, 1.54) is 30.1 Å². The summed E-state index contributed by atoms with van der Waals surface area (Å²) in [6.07, 6.45) is 0. The molecule has 29 heavy (non-hydrogen) atoms. The van der Waals surface area contributed by atoms with Gasteiger partial charge in [0.25, 0.3) is 0 Å². The number of aryl methyl sites for hydroxylation is 2. The quantitative estimate of drug-likeness (QED) is 0.691. The first-order valence-corrected chi connectivity index (χ1v) is 9.03. The molecular formula is C21H22FN5O2. The summed E-state index contributed by atoms with van der Waals surface area (Å²) in [7, 11) is 1.51. The van der Waals surface area contributed by atoms with Gasteiger partial charge in [-0.25, -0.2) is 13.9 Å². The minimum absolute atomic E-state index is 0.190. The highest BCUT2D eigenvalue weighted by molar-refractivity contribution is 5.97. The van der Waals surface area contributed by atoms with Crippen molar-refractivity contribution >= 4 is 23.3 Å². The Hall–Kier alpha value is -3.68. The summed E-state index contributed by atoms with van der Waals surface area (Å²) >= 11 is 0. The molecule has 2 N–H and O–H groups in total.